The lowest BCUT2D eigenvalue weighted by atomic mass is 9.83. The van der Waals surface area contributed by atoms with Crippen molar-refractivity contribution in [3.63, 3.8) is 0 Å². The predicted octanol–water partition coefficient (Wildman–Crippen LogP) is 6.48. The first-order valence-corrected chi connectivity index (χ1v) is 22.9. The number of likely N-dealkylation sites (tertiary alicyclic amines) is 1. The maximum absolute atomic E-state index is 14.4. The van der Waals surface area contributed by atoms with Crippen LogP contribution in [0.15, 0.2) is 54.6 Å². The molecule has 62 heavy (non-hydrogen) atoms. The van der Waals surface area contributed by atoms with Crippen LogP contribution in [-0.4, -0.2) is 123 Å². The third-order valence-electron chi connectivity index (χ3n) is 13.2. The van der Waals surface area contributed by atoms with Crippen LogP contribution in [0.25, 0.3) is 0 Å². The molecule has 12 heteroatoms. The summed E-state index contributed by atoms with van der Waals surface area (Å²) < 4.78 is 12.2. The standard InChI is InChI=1S/C50H79N5O7/c1-13-34(6)47(54(10)50(60)40(32(2)3)30-43(57)46(33(4)5)53(8)9)44(61-11)31-45(58)55-27-17-20-41(55)48(62-12)35(7)42(56)29-38(28-37-18-15-14-16-19-37)49(59)52-26-25-36-21-23-39(51)24-22-36/h14-16,18-19,21-24,32-35,38,40-41,44,46-48H,13,17,20,25-31,51H2,1-12H3,(H,52,59)/t34-,35-,38+,40-,41-,44+,46-,47-,48+/m0/s1. The van der Waals surface area contributed by atoms with Crippen LogP contribution in [0.1, 0.15) is 98.1 Å². The number of nitrogens with two attached hydrogens (primary N) is 1. The number of ether oxygens (including phenoxy) is 2. The highest BCUT2D eigenvalue weighted by Crippen LogP contribution is 2.32. The number of methoxy groups -OCH3 is 2. The molecule has 0 radical (unpaired) electrons. The zero-order valence-corrected chi connectivity index (χ0v) is 39.9. The molecule has 0 bridgehead atoms. The van der Waals surface area contributed by atoms with Gasteiger partial charge in [0.15, 0.2) is 5.78 Å². The highest BCUT2D eigenvalue weighted by atomic mass is 16.5. The van der Waals surface area contributed by atoms with Gasteiger partial charge in [0.2, 0.25) is 17.7 Å². The van der Waals surface area contributed by atoms with Crippen LogP contribution < -0.4 is 11.1 Å². The predicted molar refractivity (Wildman–Crippen MR) is 247 cm³/mol. The van der Waals surface area contributed by atoms with Gasteiger partial charge in [0.05, 0.1) is 36.8 Å². The fourth-order valence-corrected chi connectivity index (χ4v) is 9.55. The summed E-state index contributed by atoms with van der Waals surface area (Å²) in [5.41, 5.74) is 8.54. The van der Waals surface area contributed by atoms with Crippen LogP contribution >= 0.6 is 0 Å². The van der Waals surface area contributed by atoms with Crippen LogP contribution in [-0.2, 0) is 46.3 Å². The number of amides is 3. The number of ketones is 2. The average Bonchev–Trinajstić information content (AvgIpc) is 3.72. The van der Waals surface area contributed by atoms with Gasteiger partial charge in [-0.15, -0.1) is 0 Å². The molecule has 1 saturated heterocycles. The number of nitrogens with one attached hydrogen (secondary N) is 1. The summed E-state index contributed by atoms with van der Waals surface area (Å²) in [6.07, 6.45) is 2.22. The number of rotatable bonds is 26. The van der Waals surface area contributed by atoms with Crippen LogP contribution in [0, 0.1) is 35.5 Å². The molecule has 2 aromatic carbocycles. The van der Waals surface area contributed by atoms with E-state index in [0.29, 0.717) is 38.0 Å². The Morgan fingerprint density at radius 3 is 2.02 bits per heavy atom. The molecule has 0 saturated carbocycles. The third-order valence-corrected chi connectivity index (χ3v) is 13.2. The Morgan fingerprint density at radius 2 is 1.47 bits per heavy atom. The molecule has 346 valence electrons. The monoisotopic (exact) mass is 862 g/mol. The molecular weight excluding hydrogens is 783 g/mol. The van der Waals surface area contributed by atoms with E-state index < -0.39 is 36.0 Å². The first-order chi connectivity index (χ1) is 29.4. The highest BCUT2D eigenvalue weighted by Gasteiger charge is 2.43. The number of nitrogens with zero attached hydrogens (tertiary/aromatic N) is 3. The summed E-state index contributed by atoms with van der Waals surface area (Å²) in [4.78, 5) is 75.8. The van der Waals surface area contributed by atoms with Gasteiger partial charge in [0.1, 0.15) is 5.78 Å². The number of anilines is 1. The SMILES string of the molecule is CC[C@H](C)[C@@H]([C@@H](CC(=O)N1CCC[C@H]1[C@H](OC)[C@@H](C)C(=O)C[C@@H](Cc1ccccc1)C(=O)NCCc1ccc(N)cc1)OC)N(C)C(=O)[C@@H](CC(=O)[C@H](C(C)C)N(C)C)C(C)C. The van der Waals surface area contributed by atoms with Crippen LogP contribution in [0.3, 0.4) is 0 Å². The number of nitrogen functional groups attached to an aromatic ring is 1. The molecule has 3 rings (SSSR count). The van der Waals surface area contributed by atoms with Crippen molar-refractivity contribution in [3.05, 3.63) is 65.7 Å². The quantitative estimate of drug-likeness (QED) is 0.101. The van der Waals surface area contributed by atoms with Gasteiger partial charge >= 0.3 is 0 Å². The highest BCUT2D eigenvalue weighted by molar-refractivity contribution is 5.90. The normalized spacial score (nSPS) is 18.2. The van der Waals surface area contributed by atoms with Gasteiger partial charge in [-0.25, -0.2) is 0 Å². The van der Waals surface area contributed by atoms with Crippen LogP contribution in [0.5, 0.6) is 0 Å². The summed E-state index contributed by atoms with van der Waals surface area (Å²) in [6.45, 7) is 14.9. The molecular formula is C50H79N5O7. The number of Topliss-reactive ketones (excluding diaryl/α,β-unsaturated/α-hetero) is 2. The van der Waals surface area contributed by atoms with E-state index in [1.807, 2.05) is 113 Å². The van der Waals surface area contributed by atoms with Crippen molar-refractivity contribution >= 4 is 35.0 Å². The molecule has 0 spiro atoms. The maximum atomic E-state index is 14.4. The summed E-state index contributed by atoms with van der Waals surface area (Å²) >= 11 is 0. The van der Waals surface area contributed by atoms with Gasteiger partial charge < -0.3 is 30.3 Å². The minimum Gasteiger partial charge on any atom is -0.399 e. The van der Waals surface area contributed by atoms with Crippen molar-refractivity contribution in [2.45, 2.75) is 130 Å². The van der Waals surface area contributed by atoms with E-state index in [0.717, 1.165) is 24.0 Å². The van der Waals surface area contributed by atoms with E-state index in [1.54, 1.807) is 26.2 Å². The summed E-state index contributed by atoms with van der Waals surface area (Å²) in [5.74, 6) is -2.16. The van der Waals surface area contributed by atoms with Crippen molar-refractivity contribution in [1.82, 2.24) is 20.0 Å². The lowest BCUT2D eigenvalue weighted by Crippen LogP contribution is -2.54. The molecule has 3 amide bonds. The Morgan fingerprint density at radius 1 is 0.823 bits per heavy atom. The van der Waals surface area contributed by atoms with E-state index in [1.165, 1.54) is 0 Å². The van der Waals surface area contributed by atoms with Gasteiger partial charge in [-0.3, -0.25) is 28.9 Å². The van der Waals surface area contributed by atoms with E-state index in [2.05, 4.69) is 19.2 Å². The van der Waals surface area contributed by atoms with Gasteiger partial charge in [0.25, 0.3) is 0 Å². The second-order valence-corrected chi connectivity index (χ2v) is 18.6. The molecule has 9 atom stereocenters. The van der Waals surface area contributed by atoms with Gasteiger partial charge in [0, 0.05) is 70.6 Å². The molecule has 0 aliphatic carbocycles. The van der Waals surface area contributed by atoms with Crippen LogP contribution in [0.4, 0.5) is 5.69 Å². The minimum atomic E-state index is -0.612. The zero-order chi connectivity index (χ0) is 46.3. The fraction of sp³-hybridized carbons (Fsp3) is 0.660. The molecule has 1 heterocycles. The van der Waals surface area contributed by atoms with Crippen LogP contribution in [0.2, 0.25) is 0 Å². The van der Waals surface area contributed by atoms with Crippen molar-refractivity contribution < 1.29 is 33.4 Å². The first kappa shape index (κ1) is 52.2. The molecule has 1 fully saturated rings. The van der Waals surface area contributed by atoms with Gasteiger partial charge in [-0.05, 0) is 80.8 Å². The molecule has 0 aromatic heterocycles. The van der Waals surface area contributed by atoms with Gasteiger partial charge in [-0.1, -0.05) is 97.4 Å². The van der Waals surface area contributed by atoms with Gasteiger partial charge in [-0.2, -0.15) is 0 Å². The van der Waals surface area contributed by atoms with Crippen molar-refractivity contribution in [2.75, 3.05) is 54.2 Å². The van der Waals surface area contributed by atoms with E-state index in [4.69, 9.17) is 15.2 Å². The number of benzene rings is 2. The van der Waals surface area contributed by atoms with Crippen molar-refractivity contribution in [3.8, 4) is 0 Å². The largest absolute Gasteiger partial charge is 0.399 e. The van der Waals surface area contributed by atoms with Crippen molar-refractivity contribution in [1.29, 1.82) is 0 Å². The number of carbonyl (C=O) groups excluding carboxylic acids is 5. The molecule has 1 aliphatic rings. The topological polar surface area (TPSA) is 152 Å². The number of likely N-dealkylation sites (N-methyl/N-ethyl adjacent to an activating group) is 2. The molecule has 12 nitrogen and oxygen atoms in total. The molecule has 1 aliphatic heterocycles. The lowest BCUT2D eigenvalue weighted by Gasteiger charge is -2.41. The Bertz CT molecular complexity index is 1710. The first-order valence-electron chi connectivity index (χ1n) is 22.9. The smallest absolute Gasteiger partial charge is 0.226 e. The summed E-state index contributed by atoms with van der Waals surface area (Å²) in [7, 11) is 8.73. The fourth-order valence-electron chi connectivity index (χ4n) is 9.55. The third kappa shape index (κ3) is 14.5. The zero-order valence-electron chi connectivity index (χ0n) is 39.9. The molecule has 3 N–H and O–H groups in total. The summed E-state index contributed by atoms with van der Waals surface area (Å²) in [6, 6.07) is 16.2. The van der Waals surface area contributed by atoms with E-state index in [-0.39, 0.29) is 78.4 Å². The Hall–Kier alpha value is -4.13. The molecule has 0 unspecified atom stereocenters. The molecule has 2 aromatic rings. The Labute approximate surface area is 373 Å². The summed E-state index contributed by atoms with van der Waals surface area (Å²) in [5, 5.41) is 3.06. The second kappa shape index (κ2) is 25.2. The minimum absolute atomic E-state index is 0.00659. The Balaban J connectivity index is 1.78. The van der Waals surface area contributed by atoms with E-state index in [9.17, 15) is 24.0 Å². The van der Waals surface area contributed by atoms with Crippen molar-refractivity contribution in [2.24, 2.45) is 35.5 Å². The second-order valence-electron chi connectivity index (χ2n) is 18.6. The average molecular weight is 862 g/mol. The number of hydrogen-bond donors (Lipinski definition) is 2. The van der Waals surface area contributed by atoms with E-state index >= 15 is 0 Å². The Kier molecular flexibility index (Phi) is 21.3. The lowest BCUT2D eigenvalue weighted by molar-refractivity contribution is -0.149. The maximum Gasteiger partial charge on any atom is 0.226 e. The number of carbonyl (C=O) groups is 5. The number of hydrogen-bond acceptors (Lipinski definition) is 9.